The van der Waals surface area contributed by atoms with Crippen LogP contribution in [0.25, 0.3) is 10.8 Å². The molecule has 1 aromatic carbocycles. The summed E-state index contributed by atoms with van der Waals surface area (Å²) in [5.41, 5.74) is -0.253. The summed E-state index contributed by atoms with van der Waals surface area (Å²) in [4.78, 5) is 60.9. The van der Waals surface area contributed by atoms with Gasteiger partial charge in [0.15, 0.2) is 0 Å². The lowest BCUT2D eigenvalue weighted by Crippen LogP contribution is -2.57. The third-order valence-electron chi connectivity index (χ3n) is 10.5. The van der Waals surface area contributed by atoms with E-state index in [1.807, 2.05) is 26.0 Å². The molecule has 1 unspecified atom stereocenters. The Labute approximate surface area is 288 Å². The molecule has 0 spiro atoms. The monoisotopic (exact) mass is 696 g/mol. The minimum absolute atomic E-state index is 0.0822. The van der Waals surface area contributed by atoms with Crippen molar-refractivity contribution in [1.82, 2.24) is 19.9 Å². The highest BCUT2D eigenvalue weighted by molar-refractivity contribution is 7.91. The molecule has 6 rings (SSSR count). The van der Waals surface area contributed by atoms with Gasteiger partial charge in [0.05, 0.1) is 24.8 Å². The molecule has 1 aromatic heterocycles. The number of sulfonamides is 1. The molecule has 266 valence electrons. The lowest BCUT2D eigenvalue weighted by molar-refractivity contribution is -0.150. The Kier molecular flexibility index (Phi) is 10.5. The number of fused-ring (bicyclic) bond motifs is 3. The molecule has 5 atom stereocenters. The predicted octanol–water partition coefficient (Wildman–Crippen LogP) is 3.94. The molecular formula is C36H48N4O8S. The van der Waals surface area contributed by atoms with Gasteiger partial charge in [-0.2, -0.15) is 0 Å². The molecule has 49 heavy (non-hydrogen) atoms. The number of cyclic esters (lactones) is 1. The molecule has 4 bridgehead atoms. The number of unbranched alkanes of at least 4 members (excludes halogenated alkanes) is 1. The van der Waals surface area contributed by atoms with Gasteiger partial charge in [-0.15, -0.1) is 0 Å². The summed E-state index contributed by atoms with van der Waals surface area (Å²) in [7, 11) is -3.83. The number of ether oxygens (including phenoxy) is 2. The first-order chi connectivity index (χ1) is 23.5. The smallest absolute Gasteiger partial charge is 0.306 e. The molecule has 2 N–H and O–H groups in total. The summed E-state index contributed by atoms with van der Waals surface area (Å²) in [5, 5.41) is 4.11. The number of amides is 3. The SMILES string of the molecule is CCCC[C@@H]1CC(=O)OCCCCCc2ccc3ccnc(c3c2)O[C@@H]2C[C@@H](C(=O)N[C@]3(C(=O)NS(=O)(=O)C4CC4)CC3CC)N(C2)C1=O. The van der Waals surface area contributed by atoms with Gasteiger partial charge >= 0.3 is 5.97 Å². The second-order valence-electron chi connectivity index (χ2n) is 14.2. The summed E-state index contributed by atoms with van der Waals surface area (Å²) < 4.78 is 39.6. The predicted molar refractivity (Wildman–Crippen MR) is 182 cm³/mol. The number of carbonyl (C=O) groups excluding carboxylic acids is 4. The van der Waals surface area contributed by atoms with Crippen LogP contribution in [-0.4, -0.2) is 78.1 Å². The zero-order valence-electron chi connectivity index (χ0n) is 28.4. The summed E-state index contributed by atoms with van der Waals surface area (Å²) in [6, 6.07) is 7.10. The molecule has 3 fully saturated rings. The van der Waals surface area contributed by atoms with E-state index in [4.69, 9.17) is 9.47 Å². The average Bonchev–Trinajstić information content (AvgIpc) is 4.01. The zero-order chi connectivity index (χ0) is 34.8. The van der Waals surface area contributed by atoms with Crippen LogP contribution < -0.4 is 14.8 Å². The highest BCUT2D eigenvalue weighted by Gasteiger charge is 2.62. The molecule has 2 aromatic rings. The van der Waals surface area contributed by atoms with E-state index in [0.717, 1.165) is 48.4 Å². The topological polar surface area (TPSA) is 161 Å². The molecule has 0 radical (unpaired) electrons. The number of carbonyl (C=O) groups is 4. The van der Waals surface area contributed by atoms with Gasteiger partial charge in [0.1, 0.15) is 17.7 Å². The number of benzene rings is 1. The lowest BCUT2D eigenvalue weighted by atomic mass is 9.96. The van der Waals surface area contributed by atoms with Crippen LogP contribution in [-0.2, 0) is 40.4 Å². The van der Waals surface area contributed by atoms with E-state index in [1.54, 1.807) is 6.20 Å². The molecule has 4 aliphatic rings. The summed E-state index contributed by atoms with van der Waals surface area (Å²) >= 11 is 0. The molecular weight excluding hydrogens is 648 g/mol. The molecule has 1 saturated heterocycles. The van der Waals surface area contributed by atoms with Gasteiger partial charge in [0.2, 0.25) is 27.7 Å². The van der Waals surface area contributed by atoms with Crippen LogP contribution in [0.1, 0.15) is 96.5 Å². The second kappa shape index (κ2) is 14.6. The first-order valence-electron chi connectivity index (χ1n) is 17.9. The fraction of sp³-hybridized carbons (Fsp3) is 0.639. The van der Waals surface area contributed by atoms with Crippen molar-refractivity contribution in [2.24, 2.45) is 11.8 Å². The fourth-order valence-electron chi connectivity index (χ4n) is 7.32. The normalized spacial score (nSPS) is 27.9. The molecule has 2 aliphatic carbocycles. The highest BCUT2D eigenvalue weighted by Crippen LogP contribution is 2.47. The third kappa shape index (κ3) is 7.86. The van der Waals surface area contributed by atoms with E-state index in [2.05, 4.69) is 27.2 Å². The average molecular weight is 697 g/mol. The Hall–Kier alpha value is -3.74. The number of aromatic nitrogens is 1. The minimum Gasteiger partial charge on any atom is -0.472 e. The van der Waals surface area contributed by atoms with Crippen molar-refractivity contribution in [3.63, 3.8) is 0 Å². The molecule has 12 nitrogen and oxygen atoms in total. The molecule has 2 aliphatic heterocycles. The van der Waals surface area contributed by atoms with E-state index in [9.17, 15) is 27.6 Å². The number of nitrogens with one attached hydrogen (secondary N) is 2. The molecule has 3 amide bonds. The van der Waals surface area contributed by atoms with Gasteiger partial charge in [-0.05, 0) is 80.4 Å². The van der Waals surface area contributed by atoms with E-state index < -0.39 is 56.7 Å². The van der Waals surface area contributed by atoms with Gasteiger partial charge in [-0.1, -0.05) is 45.2 Å². The number of pyridine rings is 1. The third-order valence-corrected chi connectivity index (χ3v) is 12.3. The number of aryl methyl sites for hydroxylation is 1. The lowest BCUT2D eigenvalue weighted by Gasteiger charge is -2.29. The van der Waals surface area contributed by atoms with Crippen LogP contribution in [0.3, 0.4) is 0 Å². The maximum absolute atomic E-state index is 14.3. The number of esters is 1. The molecule has 2 saturated carbocycles. The summed E-state index contributed by atoms with van der Waals surface area (Å²) in [5.74, 6) is -2.59. The van der Waals surface area contributed by atoms with E-state index in [0.29, 0.717) is 44.4 Å². The van der Waals surface area contributed by atoms with Gasteiger partial charge in [-0.25, -0.2) is 13.4 Å². The largest absolute Gasteiger partial charge is 0.472 e. The van der Waals surface area contributed by atoms with Gasteiger partial charge < -0.3 is 19.7 Å². The maximum atomic E-state index is 14.3. The van der Waals surface area contributed by atoms with E-state index in [-0.39, 0.29) is 37.8 Å². The molecule has 13 heteroatoms. The van der Waals surface area contributed by atoms with Crippen molar-refractivity contribution >= 4 is 44.5 Å². The zero-order valence-corrected chi connectivity index (χ0v) is 29.3. The van der Waals surface area contributed by atoms with Gasteiger partial charge in [0, 0.05) is 23.9 Å². The standard InChI is InChI=1S/C36H48N4O8S/c1-3-5-10-25-19-31(41)47-17-8-6-7-9-23-11-12-24-15-16-37-33(29(24)18-23)48-27-20-30(40(22-27)34(25)43)32(42)38-36(21-26(36)4-2)35(44)39-49(45,46)28-13-14-28/h11-12,15-16,18,25-28,30H,3-10,13-14,17,19-22H2,1-2H3,(H,38,42)(H,39,44)/t25-,26?,27-,30+,36-/m1/s1. The second-order valence-corrected chi connectivity index (χ2v) is 16.1. The van der Waals surface area contributed by atoms with Crippen LogP contribution in [0.15, 0.2) is 30.5 Å². The van der Waals surface area contributed by atoms with Crippen molar-refractivity contribution in [3.05, 3.63) is 36.0 Å². The minimum atomic E-state index is -3.83. The highest BCUT2D eigenvalue weighted by atomic mass is 32.2. The van der Waals surface area contributed by atoms with Crippen LogP contribution in [0.4, 0.5) is 0 Å². The Morgan fingerprint density at radius 2 is 1.92 bits per heavy atom. The Morgan fingerprint density at radius 3 is 2.65 bits per heavy atom. The Morgan fingerprint density at radius 1 is 1.10 bits per heavy atom. The quantitative estimate of drug-likeness (QED) is 0.370. The fourth-order valence-corrected chi connectivity index (χ4v) is 8.68. The number of hydrogen-bond acceptors (Lipinski definition) is 9. The number of rotatable bonds is 9. The summed E-state index contributed by atoms with van der Waals surface area (Å²) in [6.07, 6.45) is 8.35. The number of hydrogen-bond donors (Lipinski definition) is 2. The van der Waals surface area contributed by atoms with Crippen molar-refractivity contribution < 1.29 is 37.1 Å². The van der Waals surface area contributed by atoms with Gasteiger partial charge in [0.25, 0.3) is 5.91 Å². The van der Waals surface area contributed by atoms with Crippen molar-refractivity contribution in [2.75, 3.05) is 13.2 Å². The van der Waals surface area contributed by atoms with E-state index in [1.165, 1.54) is 4.90 Å². The first kappa shape index (κ1) is 35.1. The number of nitrogens with zero attached hydrogens (tertiary/aromatic N) is 2. The van der Waals surface area contributed by atoms with Crippen molar-refractivity contribution in [3.8, 4) is 5.88 Å². The summed E-state index contributed by atoms with van der Waals surface area (Å²) in [6.45, 7) is 4.26. The van der Waals surface area contributed by atoms with Crippen molar-refractivity contribution in [1.29, 1.82) is 0 Å². The van der Waals surface area contributed by atoms with E-state index >= 15 is 0 Å². The van der Waals surface area contributed by atoms with Crippen LogP contribution in [0.5, 0.6) is 5.88 Å². The van der Waals surface area contributed by atoms with Crippen LogP contribution >= 0.6 is 0 Å². The first-order valence-corrected chi connectivity index (χ1v) is 19.5. The van der Waals surface area contributed by atoms with Crippen LogP contribution in [0.2, 0.25) is 0 Å². The maximum Gasteiger partial charge on any atom is 0.306 e. The molecule has 3 heterocycles. The van der Waals surface area contributed by atoms with Crippen LogP contribution in [0, 0.1) is 11.8 Å². The Bertz CT molecular complexity index is 1690. The Balaban J connectivity index is 1.30. The van der Waals surface area contributed by atoms with Crippen molar-refractivity contribution in [2.45, 2.75) is 120 Å². The van der Waals surface area contributed by atoms with Gasteiger partial charge in [-0.3, -0.25) is 23.9 Å².